The second-order valence-corrected chi connectivity index (χ2v) is 4.52. The second-order valence-electron chi connectivity index (χ2n) is 4.52. The lowest BCUT2D eigenvalue weighted by Gasteiger charge is -2.09. The largest absolute Gasteiger partial charge is 0.370 e. The fourth-order valence-electron chi connectivity index (χ4n) is 1.76. The van der Waals surface area contributed by atoms with Crippen molar-refractivity contribution in [1.82, 2.24) is 30.9 Å². The maximum atomic E-state index is 12.2. The van der Waals surface area contributed by atoms with Gasteiger partial charge in [-0.3, -0.25) is 4.79 Å². The molecule has 2 heterocycles. The molecule has 0 aliphatic carbocycles. The molecule has 0 atom stereocenters. The number of aromatic amines is 1. The summed E-state index contributed by atoms with van der Waals surface area (Å²) in [6.07, 6.45) is 1.77. The molecule has 21 heavy (non-hydrogen) atoms. The molecule has 3 N–H and O–H groups in total. The zero-order valence-electron chi connectivity index (χ0n) is 12.2. The second kappa shape index (κ2) is 7.32. The summed E-state index contributed by atoms with van der Waals surface area (Å²) in [5.74, 6) is 0.981. The Kier molecular flexibility index (Phi) is 5.19. The number of aromatic nitrogens is 5. The molecule has 0 saturated heterocycles. The summed E-state index contributed by atoms with van der Waals surface area (Å²) < 4.78 is 0. The topological polar surface area (TPSA) is 108 Å². The van der Waals surface area contributed by atoms with Crippen LogP contribution in [0, 0.1) is 0 Å². The Bertz CT molecular complexity index is 582. The van der Waals surface area contributed by atoms with E-state index in [9.17, 15) is 4.79 Å². The Balaban J connectivity index is 2.07. The van der Waals surface area contributed by atoms with Gasteiger partial charge < -0.3 is 10.6 Å². The Morgan fingerprint density at radius 1 is 1.33 bits per heavy atom. The zero-order valence-corrected chi connectivity index (χ0v) is 12.2. The van der Waals surface area contributed by atoms with Crippen LogP contribution in [0.2, 0.25) is 0 Å². The lowest BCUT2D eigenvalue weighted by molar-refractivity contribution is 0.0949. The molecule has 8 nitrogen and oxygen atoms in total. The molecule has 0 aliphatic rings. The highest BCUT2D eigenvalue weighted by atomic mass is 16.1. The number of anilines is 1. The van der Waals surface area contributed by atoms with E-state index in [1.165, 1.54) is 0 Å². The normalized spacial score (nSPS) is 10.4. The van der Waals surface area contributed by atoms with E-state index in [1.54, 1.807) is 12.1 Å². The molecule has 1 amide bonds. The van der Waals surface area contributed by atoms with E-state index in [0.717, 1.165) is 30.9 Å². The lowest BCUT2D eigenvalue weighted by Crippen LogP contribution is -2.24. The first-order valence-corrected chi connectivity index (χ1v) is 6.98. The van der Waals surface area contributed by atoms with Crippen molar-refractivity contribution in [2.75, 3.05) is 11.9 Å². The number of nitrogens with one attached hydrogen (secondary N) is 3. The molecule has 0 aliphatic heterocycles. The average molecular weight is 289 g/mol. The average Bonchev–Trinajstić information content (AvgIpc) is 3.03. The van der Waals surface area contributed by atoms with E-state index < -0.39 is 0 Å². The van der Waals surface area contributed by atoms with E-state index >= 15 is 0 Å². The van der Waals surface area contributed by atoms with Crippen LogP contribution >= 0.6 is 0 Å². The highest BCUT2D eigenvalue weighted by Gasteiger charge is 2.10. The van der Waals surface area contributed by atoms with Gasteiger partial charge in [0.05, 0.1) is 6.54 Å². The van der Waals surface area contributed by atoms with Gasteiger partial charge in [-0.05, 0) is 25.0 Å². The fourth-order valence-corrected chi connectivity index (χ4v) is 1.76. The Morgan fingerprint density at radius 2 is 2.19 bits per heavy atom. The van der Waals surface area contributed by atoms with Crippen molar-refractivity contribution in [1.29, 1.82) is 0 Å². The number of carbonyl (C=O) groups excluding carboxylic acids is 1. The van der Waals surface area contributed by atoms with Crippen LogP contribution in [-0.4, -0.2) is 38.1 Å². The van der Waals surface area contributed by atoms with Crippen molar-refractivity contribution in [3.63, 3.8) is 0 Å². The number of pyridine rings is 1. The van der Waals surface area contributed by atoms with Gasteiger partial charge in [0.25, 0.3) is 5.91 Å². The summed E-state index contributed by atoms with van der Waals surface area (Å²) in [6, 6.07) is 3.54. The predicted molar refractivity (Wildman–Crippen MR) is 77.7 cm³/mol. The van der Waals surface area contributed by atoms with E-state index in [4.69, 9.17) is 0 Å². The number of hydrogen-bond donors (Lipinski definition) is 3. The Morgan fingerprint density at radius 3 is 2.86 bits per heavy atom. The monoisotopic (exact) mass is 289 g/mol. The molecular formula is C13H19N7O. The molecular weight excluding hydrogens is 270 g/mol. The summed E-state index contributed by atoms with van der Waals surface area (Å²) in [5, 5.41) is 19.3. The Labute approximate surface area is 122 Å². The lowest BCUT2D eigenvalue weighted by atomic mass is 10.2. The number of H-pyrrole nitrogens is 1. The fraction of sp³-hybridized carbons (Fsp3) is 0.462. The number of tetrazole rings is 1. The number of carbonyl (C=O) groups is 1. The highest BCUT2D eigenvalue weighted by Crippen LogP contribution is 2.11. The van der Waals surface area contributed by atoms with Crippen LogP contribution in [0.4, 0.5) is 5.82 Å². The summed E-state index contributed by atoms with van der Waals surface area (Å²) in [6.45, 7) is 5.14. The molecule has 0 fully saturated rings. The van der Waals surface area contributed by atoms with Crippen molar-refractivity contribution in [3.8, 4) is 0 Å². The molecule has 2 aromatic rings. The molecule has 0 bridgehead atoms. The van der Waals surface area contributed by atoms with Crippen molar-refractivity contribution < 1.29 is 4.79 Å². The van der Waals surface area contributed by atoms with E-state index in [-0.39, 0.29) is 12.5 Å². The Hall–Kier alpha value is -2.51. The van der Waals surface area contributed by atoms with Gasteiger partial charge >= 0.3 is 0 Å². The minimum atomic E-state index is -0.184. The van der Waals surface area contributed by atoms with E-state index in [1.807, 2.05) is 6.92 Å². The van der Waals surface area contributed by atoms with Crippen molar-refractivity contribution in [2.24, 2.45) is 0 Å². The number of hydrogen-bond acceptors (Lipinski definition) is 6. The van der Waals surface area contributed by atoms with Crippen molar-refractivity contribution in [3.05, 3.63) is 29.2 Å². The van der Waals surface area contributed by atoms with Gasteiger partial charge in [0.15, 0.2) is 5.82 Å². The van der Waals surface area contributed by atoms with Crippen molar-refractivity contribution in [2.45, 2.75) is 33.2 Å². The molecule has 0 saturated carbocycles. The van der Waals surface area contributed by atoms with Crippen molar-refractivity contribution >= 4 is 11.7 Å². The predicted octanol–water partition coefficient (Wildman–Crippen LogP) is 0.909. The van der Waals surface area contributed by atoms with Crippen LogP contribution in [-0.2, 0) is 13.0 Å². The first-order valence-electron chi connectivity index (χ1n) is 6.98. The van der Waals surface area contributed by atoms with Gasteiger partial charge in [-0.1, -0.05) is 19.1 Å². The first kappa shape index (κ1) is 14.9. The third-order valence-electron chi connectivity index (χ3n) is 2.86. The maximum Gasteiger partial charge on any atom is 0.251 e. The molecule has 112 valence electrons. The maximum absolute atomic E-state index is 12.2. The standard InChI is InChI=1S/C13H19N7O/c1-3-5-14-11-7-9(6-10(4-2)16-11)13(21)15-8-12-17-19-20-18-12/h6-7H,3-5,8H2,1-2H3,(H,14,16)(H,15,21)(H,17,18,19,20). The first-order chi connectivity index (χ1) is 10.2. The SMILES string of the molecule is CCCNc1cc(C(=O)NCc2nn[nH]n2)cc(CC)n1. The molecule has 2 rings (SSSR count). The highest BCUT2D eigenvalue weighted by molar-refractivity contribution is 5.94. The smallest absolute Gasteiger partial charge is 0.251 e. The minimum Gasteiger partial charge on any atom is -0.370 e. The molecule has 8 heteroatoms. The quantitative estimate of drug-likeness (QED) is 0.699. The van der Waals surface area contributed by atoms with E-state index in [0.29, 0.717) is 11.4 Å². The molecule has 0 spiro atoms. The summed E-state index contributed by atoms with van der Waals surface area (Å²) >= 11 is 0. The summed E-state index contributed by atoms with van der Waals surface area (Å²) in [7, 11) is 0. The molecule has 2 aromatic heterocycles. The third-order valence-corrected chi connectivity index (χ3v) is 2.86. The van der Waals surface area contributed by atoms with Crippen LogP contribution < -0.4 is 10.6 Å². The van der Waals surface area contributed by atoms with Gasteiger partial charge in [0.2, 0.25) is 0 Å². The van der Waals surface area contributed by atoms with Gasteiger partial charge in [0.1, 0.15) is 5.82 Å². The summed E-state index contributed by atoms with van der Waals surface area (Å²) in [4.78, 5) is 16.6. The third kappa shape index (κ3) is 4.23. The minimum absolute atomic E-state index is 0.184. The number of nitrogens with zero attached hydrogens (tertiary/aromatic N) is 4. The van der Waals surface area contributed by atoms with Gasteiger partial charge in [-0.2, -0.15) is 5.21 Å². The van der Waals surface area contributed by atoms with Crippen LogP contribution in [0.1, 0.15) is 42.1 Å². The molecule has 0 radical (unpaired) electrons. The van der Waals surface area contributed by atoms with E-state index in [2.05, 4.69) is 43.2 Å². The van der Waals surface area contributed by atoms with Crippen LogP contribution in [0.3, 0.4) is 0 Å². The van der Waals surface area contributed by atoms with Gasteiger partial charge in [-0.25, -0.2) is 4.98 Å². The van der Waals surface area contributed by atoms with Crippen LogP contribution in [0.25, 0.3) is 0 Å². The molecule has 0 aromatic carbocycles. The van der Waals surface area contributed by atoms with Gasteiger partial charge in [0, 0.05) is 17.8 Å². The number of rotatable bonds is 7. The summed E-state index contributed by atoms with van der Waals surface area (Å²) in [5.41, 5.74) is 1.45. The van der Waals surface area contributed by atoms with Gasteiger partial charge in [-0.15, -0.1) is 10.2 Å². The zero-order chi connectivity index (χ0) is 15.1. The van der Waals surface area contributed by atoms with Crippen LogP contribution in [0.15, 0.2) is 12.1 Å². The molecule has 0 unspecified atom stereocenters. The van der Waals surface area contributed by atoms with Crippen LogP contribution in [0.5, 0.6) is 0 Å². The number of aryl methyl sites for hydroxylation is 1. The number of amides is 1.